The first-order valence-electron chi connectivity index (χ1n) is 19.1. The quantitative estimate of drug-likeness (QED) is 0.173. The molecule has 0 bridgehead atoms. The Morgan fingerprint density at radius 1 is 0.519 bits per heavy atom. The Labute approximate surface area is 312 Å². The number of benzene rings is 7. The van der Waals surface area contributed by atoms with E-state index in [0.717, 1.165) is 68.5 Å². The van der Waals surface area contributed by atoms with Crippen molar-refractivity contribution in [2.24, 2.45) is 5.92 Å². The Morgan fingerprint density at radius 3 is 2.02 bits per heavy atom. The van der Waals surface area contributed by atoms with Crippen LogP contribution < -0.4 is 0 Å². The second-order valence-electron chi connectivity index (χ2n) is 15.0. The number of furan rings is 2. The van der Waals surface area contributed by atoms with Crippen LogP contribution >= 0.6 is 0 Å². The van der Waals surface area contributed by atoms with Crippen molar-refractivity contribution < 1.29 is 8.83 Å². The van der Waals surface area contributed by atoms with Crippen molar-refractivity contribution in [3.63, 3.8) is 0 Å². The van der Waals surface area contributed by atoms with Crippen LogP contribution in [-0.2, 0) is 0 Å². The maximum atomic E-state index is 6.54. The molecule has 2 aromatic heterocycles. The zero-order valence-corrected chi connectivity index (χ0v) is 29.6. The van der Waals surface area contributed by atoms with Crippen molar-refractivity contribution in [1.29, 1.82) is 0 Å². The lowest BCUT2D eigenvalue weighted by Gasteiger charge is -2.27. The fourth-order valence-electron chi connectivity index (χ4n) is 9.51. The van der Waals surface area contributed by atoms with E-state index in [1.807, 2.05) is 12.1 Å². The molecule has 2 nitrogen and oxygen atoms in total. The Morgan fingerprint density at radius 2 is 1.22 bits per heavy atom. The molecular weight excluding hydrogens is 657 g/mol. The second kappa shape index (κ2) is 11.4. The average Bonchev–Trinajstić information content (AvgIpc) is 3.79. The fraction of sp³-hybridized carbons (Fsp3) is 0.0769. The molecule has 3 aliphatic carbocycles. The summed E-state index contributed by atoms with van der Waals surface area (Å²) in [6.45, 7) is 0. The minimum absolute atomic E-state index is 0.375. The van der Waals surface area contributed by atoms with Crippen LogP contribution in [0.15, 0.2) is 189 Å². The van der Waals surface area contributed by atoms with E-state index in [-0.39, 0.29) is 0 Å². The van der Waals surface area contributed by atoms with Gasteiger partial charge in [0.15, 0.2) is 0 Å². The van der Waals surface area contributed by atoms with Gasteiger partial charge in [0.2, 0.25) is 0 Å². The van der Waals surface area contributed by atoms with Gasteiger partial charge in [-0.25, -0.2) is 0 Å². The average molecular weight is 691 g/mol. The highest BCUT2D eigenvalue weighted by Gasteiger charge is 2.25. The highest BCUT2D eigenvalue weighted by molar-refractivity contribution is 6.24. The molecule has 12 rings (SSSR count). The van der Waals surface area contributed by atoms with Crippen LogP contribution in [0.5, 0.6) is 0 Å². The van der Waals surface area contributed by atoms with E-state index in [1.54, 1.807) is 0 Å². The van der Waals surface area contributed by atoms with Crippen molar-refractivity contribution in [1.82, 2.24) is 0 Å². The van der Waals surface area contributed by atoms with Gasteiger partial charge in [-0.3, -0.25) is 0 Å². The molecule has 9 aromatic rings. The lowest BCUT2D eigenvalue weighted by Crippen LogP contribution is -2.10. The molecule has 0 aliphatic heterocycles. The lowest BCUT2D eigenvalue weighted by atomic mass is 9.77. The van der Waals surface area contributed by atoms with Crippen molar-refractivity contribution in [3.8, 4) is 11.1 Å². The third kappa shape index (κ3) is 4.40. The number of hydrogen-bond donors (Lipinski definition) is 0. The summed E-state index contributed by atoms with van der Waals surface area (Å²) < 4.78 is 12.8. The van der Waals surface area contributed by atoms with Gasteiger partial charge < -0.3 is 8.83 Å². The predicted octanol–water partition coefficient (Wildman–Crippen LogP) is 14.7. The molecule has 1 atom stereocenters. The summed E-state index contributed by atoms with van der Waals surface area (Å²) >= 11 is 0. The van der Waals surface area contributed by atoms with Crippen LogP contribution in [0.1, 0.15) is 24.8 Å². The Hall–Kier alpha value is -6.64. The van der Waals surface area contributed by atoms with Gasteiger partial charge in [-0.2, -0.15) is 0 Å². The minimum atomic E-state index is 0.375. The zero-order valence-electron chi connectivity index (χ0n) is 29.6. The molecule has 0 saturated heterocycles. The van der Waals surface area contributed by atoms with E-state index < -0.39 is 0 Å². The molecule has 7 aromatic carbocycles. The lowest BCUT2D eigenvalue weighted by molar-refractivity contribution is 0.668. The van der Waals surface area contributed by atoms with Crippen molar-refractivity contribution in [2.45, 2.75) is 19.3 Å². The first-order valence-corrected chi connectivity index (χ1v) is 19.1. The molecule has 0 N–H and O–H groups in total. The minimum Gasteiger partial charge on any atom is -0.456 e. The molecule has 0 spiro atoms. The highest BCUT2D eigenvalue weighted by atomic mass is 16.3. The van der Waals surface area contributed by atoms with E-state index in [4.69, 9.17) is 8.83 Å². The third-order valence-electron chi connectivity index (χ3n) is 12.0. The van der Waals surface area contributed by atoms with E-state index in [1.165, 1.54) is 65.9 Å². The van der Waals surface area contributed by atoms with E-state index in [9.17, 15) is 0 Å². The van der Waals surface area contributed by atoms with Crippen LogP contribution in [-0.4, -0.2) is 0 Å². The molecule has 254 valence electrons. The topological polar surface area (TPSA) is 26.3 Å². The summed E-state index contributed by atoms with van der Waals surface area (Å²) in [5, 5.41) is 12.0. The molecule has 0 amide bonds. The summed E-state index contributed by atoms with van der Waals surface area (Å²) in [4.78, 5) is 0. The van der Waals surface area contributed by atoms with Crippen LogP contribution in [0.3, 0.4) is 0 Å². The molecular formula is C52H34O2. The van der Waals surface area contributed by atoms with Gasteiger partial charge in [0, 0.05) is 27.5 Å². The van der Waals surface area contributed by atoms with E-state index in [2.05, 4.69) is 152 Å². The van der Waals surface area contributed by atoms with Crippen LogP contribution in [0.4, 0.5) is 0 Å². The number of hydrogen-bond acceptors (Lipinski definition) is 2. The monoisotopic (exact) mass is 690 g/mol. The first kappa shape index (κ1) is 29.9. The molecule has 3 aliphatic rings. The molecule has 0 radical (unpaired) electrons. The zero-order chi connectivity index (χ0) is 35.3. The Balaban J connectivity index is 1.05. The summed E-state index contributed by atoms with van der Waals surface area (Å²) in [7, 11) is 0. The van der Waals surface area contributed by atoms with Gasteiger partial charge in [0.1, 0.15) is 22.3 Å². The van der Waals surface area contributed by atoms with Gasteiger partial charge in [0.25, 0.3) is 0 Å². The van der Waals surface area contributed by atoms with Crippen molar-refractivity contribution in [3.05, 3.63) is 186 Å². The largest absolute Gasteiger partial charge is 0.456 e. The number of rotatable bonds is 3. The van der Waals surface area contributed by atoms with E-state index >= 15 is 0 Å². The molecule has 0 saturated carbocycles. The van der Waals surface area contributed by atoms with Gasteiger partial charge >= 0.3 is 0 Å². The second-order valence-corrected chi connectivity index (χ2v) is 15.0. The van der Waals surface area contributed by atoms with Gasteiger partial charge in [-0.1, -0.05) is 127 Å². The first-order chi connectivity index (χ1) is 26.7. The van der Waals surface area contributed by atoms with Crippen molar-refractivity contribution >= 4 is 81.8 Å². The molecule has 54 heavy (non-hydrogen) atoms. The summed E-state index contributed by atoms with van der Waals surface area (Å²) in [6, 6.07) is 41.8. The third-order valence-corrected chi connectivity index (χ3v) is 12.0. The standard InChI is InChI=1S/C52H34O2/c1-2-10-31(11-3-1)32-18-19-34-27-36(21-20-33(34)26-32)50-38-12-4-6-14-40(38)51(41-15-7-5-13-39(41)50)37-23-24-47-44(28-37)45-30-43-35(29-49(45)54-47)22-25-48-52(43)42-16-8-9-17-46(42)53-48/h1-2,4-10,12-26,28-30,34H,3,11,27H2. The highest BCUT2D eigenvalue weighted by Crippen LogP contribution is 2.47. The smallest absolute Gasteiger partial charge is 0.136 e. The van der Waals surface area contributed by atoms with Crippen LogP contribution in [0, 0.1) is 5.92 Å². The van der Waals surface area contributed by atoms with Crippen LogP contribution in [0.2, 0.25) is 0 Å². The molecule has 2 heterocycles. The summed E-state index contributed by atoms with van der Waals surface area (Å²) in [6.07, 6.45) is 21.9. The fourth-order valence-corrected chi connectivity index (χ4v) is 9.51. The van der Waals surface area contributed by atoms with E-state index in [0.29, 0.717) is 5.92 Å². The SMILES string of the molecule is C1=CCCC(C2=CC3=CC=C(c4c5ccccc5c(-c5ccc6oc7cc8ccc9oc%10ccccc%10c9c8cc7c6c5)c5ccccc45)CC3C=C2)=C1. The summed E-state index contributed by atoms with van der Waals surface area (Å²) in [5.74, 6) is 0.375. The number of fused-ring (bicyclic) bond motifs is 11. The number of para-hydroxylation sites is 1. The summed E-state index contributed by atoms with van der Waals surface area (Å²) in [5.41, 5.74) is 13.0. The van der Waals surface area contributed by atoms with Gasteiger partial charge in [-0.05, 0) is 127 Å². The molecule has 0 fully saturated rings. The Kier molecular flexibility index (Phi) is 6.32. The van der Waals surface area contributed by atoms with Crippen molar-refractivity contribution in [2.75, 3.05) is 0 Å². The Bertz CT molecular complexity index is 3240. The van der Waals surface area contributed by atoms with Gasteiger partial charge in [-0.15, -0.1) is 0 Å². The van der Waals surface area contributed by atoms with Crippen LogP contribution in [0.25, 0.3) is 92.9 Å². The van der Waals surface area contributed by atoms with Gasteiger partial charge in [0.05, 0.1) is 0 Å². The number of allylic oxidation sites excluding steroid dienone is 12. The maximum absolute atomic E-state index is 6.54. The maximum Gasteiger partial charge on any atom is 0.136 e. The normalized spacial score (nSPS) is 17.1. The molecule has 2 heteroatoms. The molecule has 1 unspecified atom stereocenters. The predicted molar refractivity (Wildman–Crippen MR) is 227 cm³/mol.